The molecule has 0 aromatic heterocycles. The standard InChI is InChI=1S/C18H24N2O3S/c1-14(2)13-23-18-9-5-16(6-10-18)12-20(24(21)22)17-7-3-15(11-19)4-8-17/h3-10,14H,11-13,19H2,1-2H3,(H,21,22). The first-order chi connectivity index (χ1) is 11.5. The molecule has 0 bridgehead atoms. The Bertz CT molecular complexity index is 657. The summed E-state index contributed by atoms with van der Waals surface area (Å²) < 4.78 is 28.4. The van der Waals surface area contributed by atoms with Gasteiger partial charge in [-0.15, -0.1) is 0 Å². The Morgan fingerprint density at radius 2 is 1.67 bits per heavy atom. The maximum atomic E-state index is 11.7. The van der Waals surface area contributed by atoms with E-state index in [2.05, 4.69) is 13.8 Å². The van der Waals surface area contributed by atoms with Gasteiger partial charge < -0.3 is 10.5 Å². The molecule has 2 rings (SSSR count). The van der Waals surface area contributed by atoms with Gasteiger partial charge >= 0.3 is 0 Å². The Morgan fingerprint density at radius 3 is 2.17 bits per heavy atom. The van der Waals surface area contributed by atoms with Crippen LogP contribution in [0.2, 0.25) is 0 Å². The third-order valence-corrected chi connectivity index (χ3v) is 4.20. The number of hydrogen-bond donors (Lipinski definition) is 2. The van der Waals surface area contributed by atoms with Gasteiger partial charge in [0.2, 0.25) is 0 Å². The second kappa shape index (κ2) is 8.82. The number of nitrogens with two attached hydrogens (primary N) is 1. The molecule has 2 aromatic rings. The monoisotopic (exact) mass is 348 g/mol. The molecule has 24 heavy (non-hydrogen) atoms. The van der Waals surface area contributed by atoms with E-state index in [1.165, 1.54) is 4.31 Å². The van der Waals surface area contributed by atoms with Crippen molar-refractivity contribution in [3.8, 4) is 5.75 Å². The Hall–Kier alpha value is -1.89. The molecule has 0 amide bonds. The summed E-state index contributed by atoms with van der Waals surface area (Å²) in [6.07, 6.45) is 0. The number of hydrogen-bond acceptors (Lipinski definition) is 3. The van der Waals surface area contributed by atoms with E-state index in [1.54, 1.807) is 12.1 Å². The van der Waals surface area contributed by atoms with E-state index in [9.17, 15) is 8.76 Å². The van der Waals surface area contributed by atoms with Crippen LogP contribution in [0, 0.1) is 5.92 Å². The molecule has 0 spiro atoms. The average molecular weight is 348 g/mol. The maximum absolute atomic E-state index is 11.7. The number of anilines is 1. The Balaban J connectivity index is 2.08. The lowest BCUT2D eigenvalue weighted by Gasteiger charge is -2.20. The highest BCUT2D eigenvalue weighted by Crippen LogP contribution is 2.21. The average Bonchev–Trinajstić information content (AvgIpc) is 2.58. The molecule has 0 radical (unpaired) electrons. The lowest BCUT2D eigenvalue weighted by atomic mass is 10.2. The van der Waals surface area contributed by atoms with Gasteiger partial charge in [0.05, 0.1) is 18.8 Å². The van der Waals surface area contributed by atoms with E-state index >= 15 is 0 Å². The summed E-state index contributed by atoms with van der Waals surface area (Å²) in [6.45, 7) is 5.63. The lowest BCUT2D eigenvalue weighted by Crippen LogP contribution is -2.24. The van der Waals surface area contributed by atoms with E-state index < -0.39 is 11.3 Å². The zero-order valence-corrected chi connectivity index (χ0v) is 14.8. The highest BCUT2D eigenvalue weighted by Gasteiger charge is 2.13. The molecule has 3 N–H and O–H groups in total. The van der Waals surface area contributed by atoms with Crippen molar-refractivity contribution >= 4 is 17.0 Å². The number of benzene rings is 2. The molecular weight excluding hydrogens is 324 g/mol. The minimum atomic E-state index is -2.11. The zero-order chi connectivity index (χ0) is 17.5. The van der Waals surface area contributed by atoms with Crippen LogP contribution >= 0.6 is 0 Å². The molecule has 0 aliphatic heterocycles. The quantitative estimate of drug-likeness (QED) is 0.718. The molecule has 0 saturated carbocycles. The van der Waals surface area contributed by atoms with Gasteiger partial charge in [-0.25, -0.2) is 4.21 Å². The topological polar surface area (TPSA) is 75.8 Å². The summed E-state index contributed by atoms with van der Waals surface area (Å²) in [5.41, 5.74) is 8.16. The van der Waals surface area contributed by atoms with Gasteiger partial charge in [0.1, 0.15) is 5.75 Å². The fourth-order valence-electron chi connectivity index (χ4n) is 2.15. The third-order valence-electron chi connectivity index (χ3n) is 3.48. The molecule has 0 aliphatic carbocycles. The van der Waals surface area contributed by atoms with Crippen LogP contribution in [0.3, 0.4) is 0 Å². The smallest absolute Gasteiger partial charge is 0.262 e. The van der Waals surface area contributed by atoms with Crippen LogP contribution in [-0.4, -0.2) is 15.4 Å². The largest absolute Gasteiger partial charge is 0.493 e. The van der Waals surface area contributed by atoms with Crippen LogP contribution in [0.5, 0.6) is 5.75 Å². The molecule has 5 nitrogen and oxygen atoms in total. The summed E-state index contributed by atoms with van der Waals surface area (Å²) in [5.74, 6) is 1.27. The zero-order valence-electron chi connectivity index (χ0n) is 14.0. The Labute approximate surface area is 145 Å². The summed E-state index contributed by atoms with van der Waals surface area (Å²) in [5, 5.41) is 0. The van der Waals surface area contributed by atoms with Crippen molar-refractivity contribution < 1.29 is 13.5 Å². The van der Waals surface area contributed by atoms with Crippen LogP contribution in [0.15, 0.2) is 48.5 Å². The molecule has 1 unspecified atom stereocenters. The minimum Gasteiger partial charge on any atom is -0.493 e. The molecule has 6 heteroatoms. The Kier molecular flexibility index (Phi) is 6.78. The molecule has 1 atom stereocenters. The summed E-state index contributed by atoms with van der Waals surface area (Å²) in [7, 11) is 0. The van der Waals surface area contributed by atoms with Crippen LogP contribution in [-0.2, 0) is 24.4 Å². The maximum Gasteiger partial charge on any atom is 0.262 e. The van der Waals surface area contributed by atoms with Crippen LogP contribution in [0.25, 0.3) is 0 Å². The van der Waals surface area contributed by atoms with Crippen LogP contribution in [0.1, 0.15) is 25.0 Å². The van der Waals surface area contributed by atoms with Gasteiger partial charge in [-0.2, -0.15) is 0 Å². The Morgan fingerprint density at radius 1 is 1.08 bits per heavy atom. The lowest BCUT2D eigenvalue weighted by molar-refractivity contribution is 0.271. The number of ether oxygens (including phenoxy) is 1. The normalized spacial score (nSPS) is 12.2. The first-order valence-electron chi connectivity index (χ1n) is 7.89. The molecule has 0 aliphatic rings. The van der Waals surface area contributed by atoms with E-state index in [0.717, 1.165) is 16.9 Å². The molecule has 0 fully saturated rings. The van der Waals surface area contributed by atoms with E-state index in [4.69, 9.17) is 10.5 Å². The van der Waals surface area contributed by atoms with Gasteiger partial charge in [-0.1, -0.05) is 38.1 Å². The van der Waals surface area contributed by atoms with E-state index in [0.29, 0.717) is 31.3 Å². The van der Waals surface area contributed by atoms with Gasteiger partial charge in [0.15, 0.2) is 0 Å². The van der Waals surface area contributed by atoms with Crippen molar-refractivity contribution in [2.24, 2.45) is 11.7 Å². The predicted octanol–water partition coefficient (Wildman–Crippen LogP) is 3.32. The van der Waals surface area contributed by atoms with Crippen LogP contribution < -0.4 is 14.8 Å². The van der Waals surface area contributed by atoms with Gasteiger partial charge in [0.25, 0.3) is 11.3 Å². The fourth-order valence-corrected chi connectivity index (χ4v) is 2.72. The van der Waals surface area contributed by atoms with Crippen molar-refractivity contribution in [1.82, 2.24) is 0 Å². The van der Waals surface area contributed by atoms with Crippen molar-refractivity contribution in [2.45, 2.75) is 26.9 Å². The predicted molar refractivity (Wildman–Crippen MR) is 98.1 cm³/mol. The highest BCUT2D eigenvalue weighted by atomic mass is 32.2. The minimum absolute atomic E-state index is 0.329. The second-order valence-electron chi connectivity index (χ2n) is 5.99. The van der Waals surface area contributed by atoms with E-state index in [-0.39, 0.29) is 0 Å². The molecule has 2 aromatic carbocycles. The van der Waals surface area contributed by atoms with Crippen molar-refractivity contribution in [3.05, 3.63) is 59.7 Å². The molecular formula is C18H24N2O3S. The number of rotatable bonds is 8. The van der Waals surface area contributed by atoms with Gasteiger partial charge in [0, 0.05) is 6.54 Å². The SMILES string of the molecule is CC(C)COc1ccc(CN(c2ccc(CN)cc2)S(=O)O)cc1. The fraction of sp³-hybridized carbons (Fsp3) is 0.333. The van der Waals surface area contributed by atoms with E-state index in [1.807, 2.05) is 36.4 Å². The molecule has 0 saturated heterocycles. The summed E-state index contributed by atoms with van der Waals surface area (Å²) in [4.78, 5) is 0. The van der Waals surface area contributed by atoms with Gasteiger partial charge in [-0.05, 0) is 41.3 Å². The van der Waals surface area contributed by atoms with Crippen LogP contribution in [0.4, 0.5) is 5.69 Å². The summed E-state index contributed by atoms with van der Waals surface area (Å²) >= 11 is -2.11. The first kappa shape index (κ1) is 18.4. The molecule has 0 heterocycles. The van der Waals surface area contributed by atoms with Crippen molar-refractivity contribution in [3.63, 3.8) is 0 Å². The molecule has 130 valence electrons. The van der Waals surface area contributed by atoms with Crippen molar-refractivity contribution in [1.29, 1.82) is 0 Å². The number of nitrogens with zero attached hydrogens (tertiary/aromatic N) is 1. The first-order valence-corrected chi connectivity index (χ1v) is 8.95. The highest BCUT2D eigenvalue weighted by molar-refractivity contribution is 7.80. The second-order valence-corrected chi connectivity index (χ2v) is 6.89. The van der Waals surface area contributed by atoms with Gasteiger partial charge in [-0.3, -0.25) is 8.86 Å². The summed E-state index contributed by atoms with van der Waals surface area (Å²) in [6, 6.07) is 14.9. The van der Waals surface area contributed by atoms with Crippen molar-refractivity contribution in [2.75, 3.05) is 10.9 Å². The third kappa shape index (κ3) is 5.33.